The first-order valence-electron chi connectivity index (χ1n) is 16.2. The molecule has 1 unspecified atom stereocenters. The zero-order chi connectivity index (χ0) is 34.8. The third kappa shape index (κ3) is 8.19. The standard InChI is InChI=1S/C38H36N3O7P3/c42-31-32-50(46-36-25-13-4-14-26-36)40(43-33-19-7-1-8-20-33)49(45-35-23-11-3-12-24-35)39-51(47-37-27-15-5-16-28-37,48-38-29-17-6-18-30-38)41(50)44-34-21-9-2-10-22-34/h1-30,42,50H,31-32H2. The second-order valence-corrected chi connectivity index (χ2v) is 18.3. The van der Waals surface area contributed by atoms with Gasteiger partial charge in [0.2, 0.25) is 0 Å². The van der Waals surface area contributed by atoms with Crippen LogP contribution in [0.25, 0.3) is 0 Å². The fourth-order valence-corrected chi connectivity index (χ4v) is 16.0. The second kappa shape index (κ2) is 16.4. The topological polar surface area (TPSA) is 94.5 Å². The van der Waals surface area contributed by atoms with Crippen molar-refractivity contribution < 1.29 is 32.9 Å². The predicted octanol–water partition coefficient (Wildman–Crippen LogP) is 10.6. The van der Waals surface area contributed by atoms with Crippen molar-refractivity contribution in [3.8, 4) is 34.5 Å². The molecule has 0 amide bonds. The molecule has 0 bridgehead atoms. The Kier molecular flexibility index (Phi) is 11.1. The first-order valence-corrected chi connectivity index (χ1v) is 20.9. The Bertz CT molecular complexity index is 1960. The molecule has 1 heterocycles. The van der Waals surface area contributed by atoms with Gasteiger partial charge in [0.05, 0.1) is 0 Å². The van der Waals surface area contributed by atoms with E-state index in [1.165, 1.54) is 0 Å². The van der Waals surface area contributed by atoms with Gasteiger partial charge in [-0.3, -0.25) is 0 Å². The Labute approximate surface area is 299 Å². The number of aliphatic hydroxyl groups excluding tert-OH is 1. The summed E-state index contributed by atoms with van der Waals surface area (Å²) in [6.07, 6.45) is 0.0338. The molecule has 0 saturated heterocycles. The van der Waals surface area contributed by atoms with E-state index in [9.17, 15) is 5.11 Å². The van der Waals surface area contributed by atoms with Crippen molar-refractivity contribution in [2.45, 2.75) is 0 Å². The van der Waals surface area contributed by atoms with Crippen LogP contribution >= 0.6 is 23.9 Å². The molecular formula is C38H36N3O7P3. The summed E-state index contributed by atoms with van der Waals surface area (Å²) in [5.74, 6) is 2.97. The number of aliphatic hydroxyl groups is 1. The monoisotopic (exact) mass is 739 g/mol. The maximum atomic E-state index is 11.0. The van der Waals surface area contributed by atoms with Gasteiger partial charge < -0.3 is 0 Å². The second-order valence-electron chi connectivity index (χ2n) is 11.0. The van der Waals surface area contributed by atoms with E-state index in [-0.39, 0.29) is 12.8 Å². The number of para-hydroxylation sites is 6. The molecule has 6 aromatic rings. The minimum atomic E-state index is -4.13. The molecule has 0 radical (unpaired) electrons. The average molecular weight is 740 g/mol. The summed E-state index contributed by atoms with van der Waals surface area (Å²) in [7, 11) is -10.2. The van der Waals surface area contributed by atoms with E-state index in [1.807, 2.05) is 182 Å². The Morgan fingerprint density at radius 1 is 0.510 bits per heavy atom. The molecule has 6 aromatic carbocycles. The van der Waals surface area contributed by atoms with Gasteiger partial charge in [-0.25, -0.2) is 0 Å². The van der Waals surface area contributed by atoms with Crippen molar-refractivity contribution >= 4 is 23.9 Å². The summed E-state index contributed by atoms with van der Waals surface area (Å²) >= 11 is 0. The van der Waals surface area contributed by atoms with Crippen molar-refractivity contribution in [1.29, 1.82) is 0 Å². The third-order valence-electron chi connectivity index (χ3n) is 7.37. The van der Waals surface area contributed by atoms with Crippen molar-refractivity contribution in [2.75, 3.05) is 12.8 Å². The molecule has 10 nitrogen and oxygen atoms in total. The molecule has 0 fully saturated rings. The van der Waals surface area contributed by atoms with Gasteiger partial charge in [-0.05, 0) is 0 Å². The summed E-state index contributed by atoms with van der Waals surface area (Å²) in [6.45, 7) is -0.312. The van der Waals surface area contributed by atoms with E-state index in [2.05, 4.69) is 0 Å². The average Bonchev–Trinajstić information content (AvgIpc) is 3.17. The van der Waals surface area contributed by atoms with Crippen LogP contribution in [0.1, 0.15) is 0 Å². The Balaban J connectivity index is 1.54. The molecule has 0 saturated carbocycles. The van der Waals surface area contributed by atoms with Gasteiger partial charge in [0.15, 0.2) is 0 Å². The molecule has 51 heavy (non-hydrogen) atoms. The van der Waals surface area contributed by atoms with E-state index < -0.39 is 23.9 Å². The van der Waals surface area contributed by atoms with Gasteiger partial charge in [-0.15, -0.1) is 0 Å². The molecule has 7 rings (SSSR count). The van der Waals surface area contributed by atoms with E-state index in [1.54, 1.807) is 9.21 Å². The van der Waals surface area contributed by atoms with Crippen LogP contribution in [0.3, 0.4) is 0 Å². The van der Waals surface area contributed by atoms with Gasteiger partial charge in [0.25, 0.3) is 0 Å². The van der Waals surface area contributed by atoms with Gasteiger partial charge in [0.1, 0.15) is 0 Å². The quantitative estimate of drug-likeness (QED) is 0.110. The number of rotatable bonds is 14. The Morgan fingerprint density at radius 2 is 0.902 bits per heavy atom. The Morgan fingerprint density at radius 3 is 1.35 bits per heavy atom. The van der Waals surface area contributed by atoms with Crippen LogP contribution in [0, 0.1) is 0 Å². The fraction of sp³-hybridized carbons (Fsp3) is 0.0526. The number of benzene rings is 6. The van der Waals surface area contributed by atoms with Crippen molar-refractivity contribution in [3.63, 3.8) is 0 Å². The Hall–Kier alpha value is -4.91. The molecule has 1 aliphatic rings. The minimum absolute atomic E-state index is 0.0338. The van der Waals surface area contributed by atoms with E-state index >= 15 is 0 Å². The summed E-state index contributed by atoms with van der Waals surface area (Å²) in [5.41, 5.74) is 0. The van der Waals surface area contributed by atoms with Gasteiger partial charge in [0, 0.05) is 0 Å². The van der Waals surface area contributed by atoms with Crippen LogP contribution in [0.15, 0.2) is 187 Å². The molecule has 0 spiro atoms. The zero-order valence-electron chi connectivity index (χ0n) is 27.4. The predicted molar refractivity (Wildman–Crippen MR) is 203 cm³/mol. The van der Waals surface area contributed by atoms with Crippen molar-refractivity contribution in [3.05, 3.63) is 182 Å². The van der Waals surface area contributed by atoms with Crippen LogP contribution in [0.2, 0.25) is 0 Å². The SMILES string of the molecule is OCC[PH]1(Oc2ccccc2)N(Oc2ccccc2)P(Oc2ccccc2)N=P(Oc2ccccc2)(Oc2ccccc2)N1Oc1ccccc1. The normalized spacial score (nSPS) is 17.2. The number of hydrogen-bond acceptors (Lipinski definition) is 10. The van der Waals surface area contributed by atoms with Crippen LogP contribution in [-0.4, -0.2) is 27.1 Å². The first kappa shape index (κ1) is 34.5. The van der Waals surface area contributed by atoms with Crippen molar-refractivity contribution in [2.24, 2.45) is 4.52 Å². The summed E-state index contributed by atoms with van der Waals surface area (Å²) in [5, 5.41) is 11.0. The number of hydrogen-bond donors (Lipinski definition) is 1. The zero-order valence-corrected chi connectivity index (χ0v) is 30.2. The number of nitrogens with zero attached hydrogens (tertiary/aromatic N) is 3. The molecule has 0 aromatic heterocycles. The molecule has 1 N–H and O–H groups in total. The van der Waals surface area contributed by atoms with E-state index in [0.717, 1.165) is 0 Å². The van der Waals surface area contributed by atoms with Crippen molar-refractivity contribution in [1.82, 2.24) is 9.21 Å². The van der Waals surface area contributed by atoms with Gasteiger partial charge in [-0.1, -0.05) is 0 Å². The van der Waals surface area contributed by atoms with Gasteiger partial charge >= 0.3 is 300 Å². The summed E-state index contributed by atoms with van der Waals surface area (Å²) < 4.78 is 36.5. The third-order valence-corrected chi connectivity index (χ3v) is 17.1. The maximum absolute atomic E-state index is 11.0. The first-order chi connectivity index (χ1) is 25.2. The van der Waals surface area contributed by atoms with E-state index in [4.69, 9.17) is 32.3 Å². The van der Waals surface area contributed by atoms with Gasteiger partial charge in [-0.2, -0.15) is 0 Å². The molecule has 0 aliphatic carbocycles. The van der Waals surface area contributed by atoms with Crippen LogP contribution in [0.4, 0.5) is 0 Å². The molecule has 260 valence electrons. The van der Waals surface area contributed by atoms with Crippen LogP contribution < -0.4 is 27.8 Å². The summed E-state index contributed by atoms with van der Waals surface area (Å²) in [6, 6.07) is 55.8. The van der Waals surface area contributed by atoms with Crippen LogP contribution in [-0.2, 0) is 0 Å². The molecular weight excluding hydrogens is 703 g/mol. The van der Waals surface area contributed by atoms with Crippen LogP contribution in [0.5, 0.6) is 34.5 Å². The molecule has 1 aliphatic heterocycles. The van der Waals surface area contributed by atoms with E-state index in [0.29, 0.717) is 34.5 Å². The molecule has 13 heteroatoms. The fourth-order valence-electron chi connectivity index (χ4n) is 5.11. The molecule has 1 atom stereocenters. The summed E-state index contributed by atoms with van der Waals surface area (Å²) in [4.78, 5) is 13.7.